The molecule has 16 heavy (non-hydrogen) atoms. The van der Waals surface area contributed by atoms with Crippen LogP contribution in [0.2, 0.25) is 0 Å². The summed E-state index contributed by atoms with van der Waals surface area (Å²) in [5.74, 6) is 0.947. The highest BCUT2D eigenvalue weighted by molar-refractivity contribution is 5.36. The van der Waals surface area contributed by atoms with Gasteiger partial charge in [0.1, 0.15) is 5.75 Å². The minimum Gasteiger partial charge on any atom is -0.496 e. The first-order valence-corrected chi connectivity index (χ1v) is 5.34. The number of ether oxygens (including phenoxy) is 1. The summed E-state index contributed by atoms with van der Waals surface area (Å²) in [6.07, 6.45) is 8.69. The average Bonchev–Trinajstić information content (AvgIpc) is 2.30. The highest BCUT2D eigenvalue weighted by Gasteiger charge is 2.01. The summed E-state index contributed by atoms with van der Waals surface area (Å²) in [4.78, 5) is 0. The van der Waals surface area contributed by atoms with Crippen LogP contribution in [0, 0.1) is 0 Å². The maximum absolute atomic E-state index is 5.31. The summed E-state index contributed by atoms with van der Waals surface area (Å²) >= 11 is 0. The SMILES string of the molecule is C=C/C=C\C=C(/C)Cc1ccccc1OC. The van der Waals surface area contributed by atoms with E-state index in [0.717, 1.165) is 12.2 Å². The van der Waals surface area contributed by atoms with Crippen molar-refractivity contribution in [3.8, 4) is 5.75 Å². The fraction of sp³-hybridized carbons (Fsp3) is 0.200. The summed E-state index contributed by atoms with van der Waals surface area (Å²) in [5, 5.41) is 0. The lowest BCUT2D eigenvalue weighted by Crippen LogP contribution is -1.92. The van der Waals surface area contributed by atoms with Crippen molar-refractivity contribution in [3.05, 3.63) is 66.3 Å². The molecule has 0 saturated heterocycles. The summed E-state index contributed by atoms with van der Waals surface area (Å²) in [6.45, 7) is 5.74. The van der Waals surface area contributed by atoms with Gasteiger partial charge in [0.25, 0.3) is 0 Å². The van der Waals surface area contributed by atoms with Gasteiger partial charge in [0.2, 0.25) is 0 Å². The summed E-state index contributed by atoms with van der Waals surface area (Å²) in [7, 11) is 1.70. The zero-order chi connectivity index (χ0) is 11.8. The predicted molar refractivity (Wildman–Crippen MR) is 69.8 cm³/mol. The third-order valence-electron chi connectivity index (χ3n) is 2.29. The van der Waals surface area contributed by atoms with Crippen molar-refractivity contribution in [2.45, 2.75) is 13.3 Å². The van der Waals surface area contributed by atoms with E-state index < -0.39 is 0 Å². The molecule has 1 aromatic rings. The van der Waals surface area contributed by atoms with Gasteiger partial charge in [-0.05, 0) is 25.0 Å². The molecule has 0 fully saturated rings. The first-order valence-electron chi connectivity index (χ1n) is 5.34. The van der Waals surface area contributed by atoms with E-state index >= 15 is 0 Å². The molecule has 0 atom stereocenters. The standard InChI is InChI=1S/C15H18O/c1-4-5-6-9-13(2)12-14-10-7-8-11-15(14)16-3/h4-11H,1,12H2,2-3H3/b6-5-,13-9+. The van der Waals surface area contributed by atoms with Crippen LogP contribution in [0.25, 0.3) is 0 Å². The van der Waals surface area contributed by atoms with Gasteiger partial charge in [-0.15, -0.1) is 0 Å². The van der Waals surface area contributed by atoms with Gasteiger partial charge in [0.05, 0.1) is 7.11 Å². The Morgan fingerprint density at radius 3 is 2.75 bits per heavy atom. The Morgan fingerprint density at radius 2 is 2.06 bits per heavy atom. The van der Waals surface area contributed by atoms with Crippen molar-refractivity contribution in [3.63, 3.8) is 0 Å². The second-order valence-corrected chi connectivity index (χ2v) is 3.62. The van der Waals surface area contributed by atoms with Gasteiger partial charge in [0, 0.05) is 0 Å². The minimum atomic E-state index is 0.908. The van der Waals surface area contributed by atoms with Crippen LogP contribution in [0.15, 0.2) is 60.7 Å². The first kappa shape index (κ1) is 12.3. The van der Waals surface area contributed by atoms with Crippen molar-refractivity contribution in [2.24, 2.45) is 0 Å². The van der Waals surface area contributed by atoms with E-state index in [1.165, 1.54) is 11.1 Å². The van der Waals surface area contributed by atoms with E-state index in [1.807, 2.05) is 30.4 Å². The smallest absolute Gasteiger partial charge is 0.122 e. The quantitative estimate of drug-likeness (QED) is 0.675. The van der Waals surface area contributed by atoms with Crippen LogP contribution in [0.5, 0.6) is 5.75 Å². The van der Waals surface area contributed by atoms with Crippen molar-refractivity contribution in [2.75, 3.05) is 7.11 Å². The van der Waals surface area contributed by atoms with E-state index in [1.54, 1.807) is 13.2 Å². The lowest BCUT2D eigenvalue weighted by molar-refractivity contribution is 0.410. The Hall–Kier alpha value is -1.76. The number of hydrogen-bond donors (Lipinski definition) is 0. The number of benzene rings is 1. The van der Waals surface area contributed by atoms with Crippen molar-refractivity contribution < 1.29 is 4.74 Å². The van der Waals surface area contributed by atoms with Gasteiger partial charge in [-0.1, -0.05) is 54.7 Å². The molecule has 1 heteroatoms. The van der Waals surface area contributed by atoms with Gasteiger partial charge in [-0.2, -0.15) is 0 Å². The maximum atomic E-state index is 5.31. The Balaban J connectivity index is 2.76. The Morgan fingerprint density at radius 1 is 1.31 bits per heavy atom. The number of para-hydroxylation sites is 1. The summed E-state index contributed by atoms with van der Waals surface area (Å²) in [5.41, 5.74) is 2.51. The summed E-state index contributed by atoms with van der Waals surface area (Å²) in [6, 6.07) is 8.10. The van der Waals surface area contributed by atoms with Crippen LogP contribution in [-0.4, -0.2) is 7.11 Å². The number of hydrogen-bond acceptors (Lipinski definition) is 1. The van der Waals surface area contributed by atoms with Crippen LogP contribution in [0.3, 0.4) is 0 Å². The minimum absolute atomic E-state index is 0.908. The molecule has 0 heterocycles. The first-order chi connectivity index (χ1) is 7.77. The van der Waals surface area contributed by atoms with Crippen LogP contribution >= 0.6 is 0 Å². The van der Waals surface area contributed by atoms with Gasteiger partial charge in [0.15, 0.2) is 0 Å². The van der Waals surface area contributed by atoms with Crippen LogP contribution in [0.4, 0.5) is 0 Å². The van der Waals surface area contributed by atoms with Crippen LogP contribution < -0.4 is 4.74 Å². The largest absolute Gasteiger partial charge is 0.496 e. The topological polar surface area (TPSA) is 9.23 Å². The van der Waals surface area contributed by atoms with Crippen LogP contribution in [0.1, 0.15) is 12.5 Å². The Bertz CT molecular complexity index is 400. The molecule has 0 unspecified atom stereocenters. The average molecular weight is 214 g/mol. The number of rotatable bonds is 5. The maximum Gasteiger partial charge on any atom is 0.122 e. The highest BCUT2D eigenvalue weighted by atomic mass is 16.5. The van der Waals surface area contributed by atoms with Crippen LogP contribution in [-0.2, 0) is 6.42 Å². The fourth-order valence-corrected chi connectivity index (χ4v) is 1.51. The van der Waals surface area contributed by atoms with Crippen molar-refractivity contribution in [1.29, 1.82) is 0 Å². The fourth-order valence-electron chi connectivity index (χ4n) is 1.51. The van der Waals surface area contributed by atoms with E-state index in [-0.39, 0.29) is 0 Å². The number of allylic oxidation sites excluding steroid dienone is 5. The normalized spacial score (nSPS) is 11.8. The zero-order valence-corrected chi connectivity index (χ0v) is 9.94. The monoisotopic (exact) mass is 214 g/mol. The molecule has 0 aliphatic heterocycles. The van der Waals surface area contributed by atoms with E-state index in [2.05, 4.69) is 25.6 Å². The molecule has 84 valence electrons. The zero-order valence-electron chi connectivity index (χ0n) is 9.94. The molecular weight excluding hydrogens is 196 g/mol. The van der Waals surface area contributed by atoms with Crippen molar-refractivity contribution >= 4 is 0 Å². The summed E-state index contributed by atoms with van der Waals surface area (Å²) < 4.78 is 5.31. The molecule has 1 nitrogen and oxygen atoms in total. The molecule has 0 saturated carbocycles. The molecule has 0 aliphatic rings. The van der Waals surface area contributed by atoms with Crippen molar-refractivity contribution in [1.82, 2.24) is 0 Å². The van der Waals surface area contributed by atoms with Gasteiger partial charge in [-0.3, -0.25) is 0 Å². The van der Waals surface area contributed by atoms with Gasteiger partial charge < -0.3 is 4.74 Å². The predicted octanol–water partition coefficient (Wildman–Crippen LogP) is 3.93. The highest BCUT2D eigenvalue weighted by Crippen LogP contribution is 2.20. The van der Waals surface area contributed by atoms with E-state index in [4.69, 9.17) is 4.74 Å². The second-order valence-electron chi connectivity index (χ2n) is 3.62. The molecule has 1 aromatic carbocycles. The molecule has 1 rings (SSSR count). The lowest BCUT2D eigenvalue weighted by Gasteiger charge is -2.07. The molecular formula is C15H18O. The molecule has 0 aliphatic carbocycles. The Labute approximate surface area is 97.8 Å². The lowest BCUT2D eigenvalue weighted by atomic mass is 10.1. The number of methoxy groups -OCH3 is 1. The van der Waals surface area contributed by atoms with Gasteiger partial charge in [-0.25, -0.2) is 0 Å². The third kappa shape index (κ3) is 3.77. The Kier molecular flexibility index (Phi) is 5.13. The third-order valence-corrected chi connectivity index (χ3v) is 2.29. The van der Waals surface area contributed by atoms with E-state index in [0.29, 0.717) is 0 Å². The van der Waals surface area contributed by atoms with Gasteiger partial charge >= 0.3 is 0 Å². The molecule has 0 spiro atoms. The second kappa shape index (κ2) is 6.67. The molecule has 0 N–H and O–H groups in total. The molecule has 0 amide bonds. The molecule has 0 radical (unpaired) electrons. The van der Waals surface area contributed by atoms with E-state index in [9.17, 15) is 0 Å². The molecule has 0 aromatic heterocycles. The molecule has 0 bridgehead atoms.